The number of rotatable bonds is 6. The first-order chi connectivity index (χ1) is 9.20. The summed E-state index contributed by atoms with van der Waals surface area (Å²) in [5.74, 6) is 0. The molecular weight excluding hydrogens is 293 g/mol. The van der Waals surface area contributed by atoms with Crippen molar-refractivity contribution in [2.75, 3.05) is 6.54 Å². The van der Waals surface area contributed by atoms with Crippen LogP contribution in [0.5, 0.6) is 0 Å². The van der Waals surface area contributed by atoms with Gasteiger partial charge >= 0.3 is 6.18 Å². The summed E-state index contributed by atoms with van der Waals surface area (Å²) >= 11 is 0. The van der Waals surface area contributed by atoms with E-state index in [9.17, 15) is 21.6 Å². The number of benzene rings is 1. The van der Waals surface area contributed by atoms with E-state index >= 15 is 0 Å². The van der Waals surface area contributed by atoms with Gasteiger partial charge in [-0.1, -0.05) is 13.0 Å². The quantitative estimate of drug-likeness (QED) is 0.845. The predicted octanol–water partition coefficient (Wildman–Crippen LogP) is 2.11. The van der Waals surface area contributed by atoms with Gasteiger partial charge in [-0.2, -0.15) is 13.2 Å². The Kier molecular flexibility index (Phi) is 5.55. The summed E-state index contributed by atoms with van der Waals surface area (Å²) in [5, 5.41) is 0. The number of nitrogens with two attached hydrogens (primary N) is 1. The third kappa shape index (κ3) is 4.46. The SMILES string of the molecule is CCC(CCN)NS(=O)(=O)c1cccc(C(F)(F)F)c1. The fourth-order valence-corrected chi connectivity index (χ4v) is 3.07. The lowest BCUT2D eigenvalue weighted by molar-refractivity contribution is -0.137. The minimum absolute atomic E-state index is 0.295. The maximum absolute atomic E-state index is 12.6. The van der Waals surface area contributed by atoms with Crippen LogP contribution in [0.3, 0.4) is 0 Å². The second-order valence-corrected chi connectivity index (χ2v) is 6.04. The van der Waals surface area contributed by atoms with Gasteiger partial charge in [0.15, 0.2) is 0 Å². The number of nitrogens with one attached hydrogen (secondary N) is 1. The zero-order valence-electron chi connectivity index (χ0n) is 10.9. The lowest BCUT2D eigenvalue weighted by atomic mass is 10.2. The van der Waals surface area contributed by atoms with Crippen molar-refractivity contribution in [1.82, 2.24) is 4.72 Å². The minimum Gasteiger partial charge on any atom is -0.330 e. The summed E-state index contributed by atoms with van der Waals surface area (Å²) in [5.41, 5.74) is 4.37. The van der Waals surface area contributed by atoms with Gasteiger partial charge in [0.1, 0.15) is 0 Å². The van der Waals surface area contributed by atoms with E-state index in [4.69, 9.17) is 5.73 Å². The lowest BCUT2D eigenvalue weighted by Gasteiger charge is -2.16. The fraction of sp³-hybridized carbons (Fsp3) is 0.500. The molecule has 0 amide bonds. The zero-order chi connectivity index (χ0) is 15.4. The summed E-state index contributed by atoms with van der Waals surface area (Å²) in [6.07, 6.45) is -3.64. The van der Waals surface area contributed by atoms with E-state index in [1.165, 1.54) is 0 Å². The van der Waals surface area contributed by atoms with Crippen molar-refractivity contribution in [1.29, 1.82) is 0 Å². The first-order valence-electron chi connectivity index (χ1n) is 6.10. The van der Waals surface area contributed by atoms with Gasteiger partial charge < -0.3 is 5.73 Å². The molecule has 1 unspecified atom stereocenters. The van der Waals surface area contributed by atoms with Crippen molar-refractivity contribution in [3.8, 4) is 0 Å². The van der Waals surface area contributed by atoms with Crippen LogP contribution in [0, 0.1) is 0 Å². The van der Waals surface area contributed by atoms with Gasteiger partial charge in [0.2, 0.25) is 10.0 Å². The molecule has 1 rings (SSSR count). The van der Waals surface area contributed by atoms with Gasteiger partial charge in [0, 0.05) is 6.04 Å². The maximum atomic E-state index is 12.6. The van der Waals surface area contributed by atoms with E-state index in [2.05, 4.69) is 4.72 Å². The van der Waals surface area contributed by atoms with Crippen LogP contribution in [0.25, 0.3) is 0 Å². The molecule has 1 aromatic carbocycles. The van der Waals surface area contributed by atoms with E-state index in [0.29, 0.717) is 25.5 Å². The van der Waals surface area contributed by atoms with Crippen molar-refractivity contribution >= 4 is 10.0 Å². The first kappa shape index (κ1) is 16.9. The Hall–Kier alpha value is -1.12. The summed E-state index contributed by atoms with van der Waals surface area (Å²) in [7, 11) is -3.98. The van der Waals surface area contributed by atoms with Crippen molar-refractivity contribution in [3.63, 3.8) is 0 Å². The Bertz CT molecular complexity index is 544. The molecule has 0 bridgehead atoms. The monoisotopic (exact) mass is 310 g/mol. The molecule has 0 fully saturated rings. The molecule has 0 aliphatic carbocycles. The van der Waals surface area contributed by atoms with Gasteiger partial charge in [0.25, 0.3) is 0 Å². The van der Waals surface area contributed by atoms with Crippen molar-refractivity contribution in [2.24, 2.45) is 5.73 Å². The molecule has 0 saturated heterocycles. The van der Waals surface area contributed by atoms with E-state index in [0.717, 1.165) is 18.2 Å². The molecule has 8 heteroatoms. The molecule has 0 radical (unpaired) electrons. The standard InChI is InChI=1S/C12H17F3N2O2S/c1-2-10(6-7-16)17-20(18,19)11-5-3-4-9(8-11)12(13,14)15/h3-5,8,10,17H,2,6-7,16H2,1H3. The number of halogens is 3. The second kappa shape index (κ2) is 6.55. The topological polar surface area (TPSA) is 72.2 Å². The highest BCUT2D eigenvalue weighted by molar-refractivity contribution is 7.89. The Balaban J connectivity index is 3.04. The summed E-state index contributed by atoms with van der Waals surface area (Å²) in [6, 6.07) is 3.27. The molecule has 0 heterocycles. The van der Waals surface area contributed by atoms with Gasteiger partial charge in [-0.25, -0.2) is 13.1 Å². The van der Waals surface area contributed by atoms with Crippen LogP contribution in [-0.4, -0.2) is 21.0 Å². The van der Waals surface area contributed by atoms with Crippen LogP contribution in [0.4, 0.5) is 13.2 Å². The number of hydrogen-bond donors (Lipinski definition) is 2. The second-order valence-electron chi connectivity index (χ2n) is 4.33. The summed E-state index contributed by atoms with van der Waals surface area (Å²) in [4.78, 5) is -0.400. The molecule has 0 saturated carbocycles. The highest BCUT2D eigenvalue weighted by atomic mass is 32.2. The van der Waals surface area contributed by atoms with Crippen LogP contribution in [0.15, 0.2) is 29.2 Å². The van der Waals surface area contributed by atoms with Gasteiger partial charge in [-0.15, -0.1) is 0 Å². The molecule has 1 atom stereocenters. The molecule has 0 aliphatic rings. The third-order valence-corrected chi connectivity index (χ3v) is 4.32. The number of hydrogen-bond acceptors (Lipinski definition) is 3. The molecule has 1 aromatic rings. The van der Waals surface area contributed by atoms with E-state index in [1.807, 2.05) is 0 Å². The van der Waals surface area contributed by atoms with Crippen LogP contribution >= 0.6 is 0 Å². The number of alkyl halides is 3. The zero-order valence-corrected chi connectivity index (χ0v) is 11.8. The Morgan fingerprint density at radius 2 is 2.00 bits per heavy atom. The molecule has 0 spiro atoms. The smallest absolute Gasteiger partial charge is 0.330 e. The Morgan fingerprint density at radius 3 is 2.50 bits per heavy atom. The fourth-order valence-electron chi connectivity index (χ4n) is 1.67. The number of sulfonamides is 1. The van der Waals surface area contributed by atoms with Crippen molar-refractivity contribution < 1.29 is 21.6 Å². The van der Waals surface area contributed by atoms with Gasteiger partial charge in [-0.3, -0.25) is 0 Å². The Labute approximate surface area is 116 Å². The van der Waals surface area contributed by atoms with Gasteiger partial charge in [-0.05, 0) is 37.6 Å². The molecule has 3 N–H and O–H groups in total. The van der Waals surface area contributed by atoms with Crippen LogP contribution in [0.2, 0.25) is 0 Å². The van der Waals surface area contributed by atoms with E-state index in [1.54, 1.807) is 6.92 Å². The average Bonchev–Trinajstić information content (AvgIpc) is 2.37. The molecule has 4 nitrogen and oxygen atoms in total. The van der Waals surface area contributed by atoms with E-state index < -0.39 is 26.7 Å². The third-order valence-electron chi connectivity index (χ3n) is 2.80. The van der Waals surface area contributed by atoms with Crippen LogP contribution in [-0.2, 0) is 16.2 Å². The molecular formula is C12H17F3N2O2S. The maximum Gasteiger partial charge on any atom is 0.416 e. The summed E-state index contributed by atoms with van der Waals surface area (Å²) < 4.78 is 64.2. The van der Waals surface area contributed by atoms with Crippen molar-refractivity contribution in [2.45, 2.75) is 36.9 Å². The molecule has 114 valence electrons. The largest absolute Gasteiger partial charge is 0.416 e. The highest BCUT2D eigenvalue weighted by Crippen LogP contribution is 2.30. The first-order valence-corrected chi connectivity index (χ1v) is 7.58. The Morgan fingerprint density at radius 1 is 1.35 bits per heavy atom. The van der Waals surface area contributed by atoms with Crippen LogP contribution in [0.1, 0.15) is 25.3 Å². The normalized spacial score (nSPS) is 14.2. The van der Waals surface area contributed by atoms with Gasteiger partial charge in [0.05, 0.1) is 10.5 Å². The van der Waals surface area contributed by atoms with Crippen LogP contribution < -0.4 is 10.5 Å². The van der Waals surface area contributed by atoms with E-state index in [-0.39, 0.29) is 6.04 Å². The van der Waals surface area contributed by atoms with Crippen molar-refractivity contribution in [3.05, 3.63) is 29.8 Å². The molecule has 0 aromatic heterocycles. The predicted molar refractivity (Wildman–Crippen MR) is 69.5 cm³/mol. The molecule has 0 aliphatic heterocycles. The highest BCUT2D eigenvalue weighted by Gasteiger charge is 2.31. The lowest BCUT2D eigenvalue weighted by Crippen LogP contribution is -2.35. The molecule has 20 heavy (non-hydrogen) atoms. The average molecular weight is 310 g/mol. The minimum atomic E-state index is -4.58. The summed E-state index contributed by atoms with van der Waals surface area (Å²) in [6.45, 7) is 2.07.